The molecule has 2 N–H and O–H groups in total. The number of rotatable bonds is 8. The van der Waals surface area contributed by atoms with Gasteiger partial charge in [0, 0.05) is 43.3 Å². The van der Waals surface area contributed by atoms with E-state index in [1.54, 1.807) is 0 Å². The molecule has 0 radical (unpaired) electrons. The summed E-state index contributed by atoms with van der Waals surface area (Å²) >= 11 is 0. The van der Waals surface area contributed by atoms with Crippen LogP contribution in [-0.2, 0) is 25.5 Å². The molecular formula is C26H32N4O4. The number of aromatic nitrogens is 1. The van der Waals surface area contributed by atoms with Gasteiger partial charge in [-0.3, -0.25) is 14.5 Å². The van der Waals surface area contributed by atoms with Crippen LogP contribution in [0.1, 0.15) is 12.0 Å². The van der Waals surface area contributed by atoms with Crippen molar-refractivity contribution in [3.63, 3.8) is 0 Å². The van der Waals surface area contributed by atoms with Gasteiger partial charge in [0.25, 0.3) is 0 Å². The summed E-state index contributed by atoms with van der Waals surface area (Å²) in [6, 6.07) is 8.21. The van der Waals surface area contributed by atoms with Crippen molar-refractivity contribution in [3.8, 4) is 0 Å². The van der Waals surface area contributed by atoms with Gasteiger partial charge in [-0.25, -0.2) is 0 Å². The maximum atomic E-state index is 13.5. The highest BCUT2D eigenvalue weighted by molar-refractivity contribution is 5.93. The Balaban J connectivity index is 1.07. The molecule has 3 unspecified atom stereocenters. The van der Waals surface area contributed by atoms with Crippen LogP contribution in [-0.4, -0.2) is 90.8 Å². The number of benzene rings is 1. The van der Waals surface area contributed by atoms with Crippen LogP contribution in [0.3, 0.4) is 0 Å². The first-order valence-corrected chi connectivity index (χ1v) is 12.4. The molecule has 8 nitrogen and oxygen atoms in total. The maximum absolute atomic E-state index is 13.5. The lowest BCUT2D eigenvalue weighted by atomic mass is 9.77. The topological polar surface area (TPSA) is 86.9 Å². The van der Waals surface area contributed by atoms with Gasteiger partial charge in [0.1, 0.15) is 5.60 Å². The van der Waals surface area contributed by atoms with Crippen LogP contribution in [0.4, 0.5) is 0 Å². The molecule has 180 valence electrons. The number of hydrogen-bond donors (Lipinski definition) is 2. The second-order valence-corrected chi connectivity index (χ2v) is 9.87. The number of likely N-dealkylation sites (tertiary alicyclic amines) is 1. The smallest absolute Gasteiger partial charge is 0.230 e. The molecule has 0 saturated carbocycles. The normalized spacial score (nSPS) is 30.4. The third-order valence-electron chi connectivity index (χ3n) is 7.86. The zero-order valence-electron chi connectivity index (χ0n) is 19.4. The Morgan fingerprint density at radius 2 is 2.06 bits per heavy atom. The zero-order chi connectivity index (χ0) is 23.1. The minimum Gasteiger partial charge on any atom is -0.379 e. The molecule has 1 aromatic heterocycles. The average molecular weight is 465 g/mol. The number of amides is 2. The third-order valence-corrected chi connectivity index (χ3v) is 7.86. The van der Waals surface area contributed by atoms with Crippen molar-refractivity contribution in [2.45, 2.75) is 24.5 Å². The van der Waals surface area contributed by atoms with Crippen LogP contribution in [0.25, 0.3) is 10.9 Å². The summed E-state index contributed by atoms with van der Waals surface area (Å²) in [4.78, 5) is 34.1. The molecule has 3 saturated heterocycles. The fraction of sp³-hybridized carbons (Fsp3) is 0.538. The minimum absolute atomic E-state index is 0.0418. The average Bonchev–Trinajstić information content (AvgIpc) is 3.61. The van der Waals surface area contributed by atoms with Gasteiger partial charge in [0.05, 0.1) is 37.7 Å². The molecule has 5 heterocycles. The van der Waals surface area contributed by atoms with Gasteiger partial charge in [-0.1, -0.05) is 30.4 Å². The first-order chi connectivity index (χ1) is 16.6. The highest BCUT2D eigenvalue weighted by Gasteiger charge is 2.66. The standard InChI is InChI=1S/C26H32N4O4/c31-24(27-9-3-10-29-12-14-33-15-13-29)22-21-6-8-26(34-21)17-30(25(32)23(22)26)11-7-18-16-28-20-5-2-1-4-19(18)20/h1-2,4-6,8,16,21-23,28H,3,7,9-15,17H2,(H,27,31)/t21-,22?,23?,26?/m0/s1. The molecule has 2 amide bonds. The Bertz CT molecular complexity index is 1110. The zero-order valence-corrected chi connectivity index (χ0v) is 19.4. The molecule has 3 fully saturated rings. The molecular weight excluding hydrogens is 432 g/mol. The molecule has 4 aliphatic heterocycles. The predicted octanol–water partition coefficient (Wildman–Crippen LogP) is 1.33. The number of para-hydroxylation sites is 1. The Kier molecular flexibility index (Phi) is 5.67. The minimum atomic E-state index is -0.655. The summed E-state index contributed by atoms with van der Waals surface area (Å²) in [5.74, 6) is -0.890. The van der Waals surface area contributed by atoms with Crippen LogP contribution < -0.4 is 5.32 Å². The van der Waals surface area contributed by atoms with Crippen molar-refractivity contribution in [2.24, 2.45) is 11.8 Å². The first kappa shape index (κ1) is 21.8. The second kappa shape index (κ2) is 8.83. The summed E-state index contributed by atoms with van der Waals surface area (Å²) in [7, 11) is 0. The van der Waals surface area contributed by atoms with Crippen LogP contribution in [0.2, 0.25) is 0 Å². The molecule has 0 aliphatic carbocycles. The van der Waals surface area contributed by atoms with Gasteiger partial charge >= 0.3 is 0 Å². The lowest BCUT2D eigenvalue weighted by Crippen LogP contribution is -2.45. The Labute approximate surface area is 199 Å². The molecule has 4 aliphatic rings. The van der Waals surface area contributed by atoms with Crippen molar-refractivity contribution < 1.29 is 19.1 Å². The maximum Gasteiger partial charge on any atom is 0.230 e. The van der Waals surface area contributed by atoms with Gasteiger partial charge < -0.3 is 24.7 Å². The Morgan fingerprint density at radius 1 is 1.21 bits per heavy atom. The van der Waals surface area contributed by atoms with Crippen LogP contribution in [0, 0.1) is 11.8 Å². The number of hydrogen-bond acceptors (Lipinski definition) is 5. The van der Waals surface area contributed by atoms with Crippen molar-refractivity contribution >= 4 is 22.7 Å². The molecule has 4 atom stereocenters. The first-order valence-electron chi connectivity index (χ1n) is 12.4. The Hall–Kier alpha value is -2.68. The lowest BCUT2D eigenvalue weighted by molar-refractivity contribution is -0.137. The molecule has 1 spiro atoms. The van der Waals surface area contributed by atoms with Crippen LogP contribution in [0.5, 0.6) is 0 Å². The quantitative estimate of drug-likeness (QED) is 0.455. The van der Waals surface area contributed by atoms with Crippen LogP contribution >= 0.6 is 0 Å². The molecule has 2 aromatic rings. The van der Waals surface area contributed by atoms with E-state index in [2.05, 4.69) is 27.3 Å². The predicted molar refractivity (Wildman–Crippen MR) is 127 cm³/mol. The summed E-state index contributed by atoms with van der Waals surface area (Å²) < 4.78 is 11.7. The van der Waals surface area contributed by atoms with Gasteiger partial charge in [-0.05, 0) is 31.0 Å². The van der Waals surface area contributed by atoms with Crippen molar-refractivity contribution in [1.82, 2.24) is 20.1 Å². The van der Waals surface area contributed by atoms with Crippen molar-refractivity contribution in [3.05, 3.63) is 48.2 Å². The van der Waals surface area contributed by atoms with E-state index in [9.17, 15) is 9.59 Å². The summed E-state index contributed by atoms with van der Waals surface area (Å²) in [6.07, 6.45) is 7.38. The van der Waals surface area contributed by atoms with E-state index in [4.69, 9.17) is 9.47 Å². The fourth-order valence-electron chi connectivity index (χ4n) is 6.12. The van der Waals surface area contributed by atoms with Crippen molar-refractivity contribution in [1.29, 1.82) is 0 Å². The number of morpholine rings is 1. The number of carbonyl (C=O) groups excluding carboxylic acids is 2. The van der Waals surface area contributed by atoms with E-state index < -0.39 is 17.4 Å². The van der Waals surface area contributed by atoms with Crippen LogP contribution in [0.15, 0.2) is 42.6 Å². The van der Waals surface area contributed by atoms with E-state index >= 15 is 0 Å². The largest absolute Gasteiger partial charge is 0.379 e. The molecule has 1 aromatic carbocycles. The molecule has 34 heavy (non-hydrogen) atoms. The summed E-state index contributed by atoms with van der Waals surface area (Å²) in [5, 5.41) is 4.28. The number of H-pyrrole nitrogens is 1. The van der Waals surface area contributed by atoms with Gasteiger partial charge in [-0.2, -0.15) is 0 Å². The van der Waals surface area contributed by atoms with E-state index in [0.717, 1.165) is 51.2 Å². The molecule has 6 rings (SSSR count). The third kappa shape index (κ3) is 3.74. The molecule has 2 bridgehead atoms. The monoisotopic (exact) mass is 464 g/mol. The van der Waals surface area contributed by atoms with Gasteiger partial charge in [0.15, 0.2) is 0 Å². The van der Waals surface area contributed by atoms with E-state index in [1.165, 1.54) is 10.9 Å². The highest BCUT2D eigenvalue weighted by atomic mass is 16.5. The number of nitrogens with one attached hydrogen (secondary N) is 2. The number of ether oxygens (including phenoxy) is 2. The van der Waals surface area contributed by atoms with E-state index in [1.807, 2.05) is 35.4 Å². The lowest BCUT2D eigenvalue weighted by Gasteiger charge is -2.27. The summed E-state index contributed by atoms with van der Waals surface area (Å²) in [6.45, 7) is 6.16. The van der Waals surface area contributed by atoms with Gasteiger partial charge in [0.2, 0.25) is 11.8 Å². The Morgan fingerprint density at radius 3 is 2.94 bits per heavy atom. The number of aromatic amines is 1. The highest BCUT2D eigenvalue weighted by Crippen LogP contribution is 2.51. The fourth-order valence-corrected chi connectivity index (χ4v) is 6.12. The number of fused-ring (bicyclic) bond motifs is 2. The molecule has 8 heteroatoms. The van der Waals surface area contributed by atoms with Gasteiger partial charge in [-0.15, -0.1) is 0 Å². The number of carbonyl (C=O) groups is 2. The van der Waals surface area contributed by atoms with E-state index in [0.29, 0.717) is 19.6 Å². The second-order valence-electron chi connectivity index (χ2n) is 9.87. The van der Waals surface area contributed by atoms with Crippen molar-refractivity contribution in [2.75, 3.05) is 52.5 Å². The summed E-state index contributed by atoms with van der Waals surface area (Å²) in [5.41, 5.74) is 1.65. The number of nitrogens with zero attached hydrogens (tertiary/aromatic N) is 2. The van der Waals surface area contributed by atoms with E-state index in [-0.39, 0.29) is 17.9 Å². The SMILES string of the molecule is O=C(NCCCN1CCOCC1)C1C2C(=O)N(CCc3c[nH]c4ccccc34)CC23C=C[C@@H]1O3.